The summed E-state index contributed by atoms with van der Waals surface area (Å²) in [5, 5.41) is 0. The lowest BCUT2D eigenvalue weighted by molar-refractivity contribution is 0.298. The van der Waals surface area contributed by atoms with Crippen molar-refractivity contribution in [2.45, 2.75) is 40.0 Å². The molecule has 0 saturated carbocycles. The van der Waals surface area contributed by atoms with Crippen LogP contribution in [0.2, 0.25) is 0 Å². The standard InChI is InChI=1S/C20H27NO/c1-14-6-5-7-19(12-14)22-9-8-18(13-21)20-16(3)10-15(2)11-17(20)4/h5-7,10-12,18H,8-9,13,21H2,1-4H3. The van der Waals surface area contributed by atoms with Gasteiger partial charge < -0.3 is 10.5 Å². The molecule has 0 aliphatic rings. The number of rotatable bonds is 6. The maximum Gasteiger partial charge on any atom is 0.119 e. The van der Waals surface area contributed by atoms with E-state index in [-0.39, 0.29) is 0 Å². The third-order valence-corrected chi connectivity index (χ3v) is 4.16. The van der Waals surface area contributed by atoms with Gasteiger partial charge in [0.05, 0.1) is 6.61 Å². The van der Waals surface area contributed by atoms with Gasteiger partial charge in [-0.2, -0.15) is 0 Å². The van der Waals surface area contributed by atoms with Gasteiger partial charge in [0.2, 0.25) is 0 Å². The second kappa shape index (κ2) is 7.46. The topological polar surface area (TPSA) is 35.2 Å². The Morgan fingerprint density at radius 2 is 1.64 bits per heavy atom. The second-order valence-corrected chi connectivity index (χ2v) is 6.20. The van der Waals surface area contributed by atoms with Crippen molar-refractivity contribution in [2.24, 2.45) is 5.73 Å². The summed E-state index contributed by atoms with van der Waals surface area (Å²) in [7, 11) is 0. The molecule has 2 aromatic rings. The van der Waals surface area contributed by atoms with E-state index < -0.39 is 0 Å². The summed E-state index contributed by atoms with van der Waals surface area (Å²) >= 11 is 0. The minimum absolute atomic E-state index is 0.352. The zero-order chi connectivity index (χ0) is 16.1. The van der Waals surface area contributed by atoms with E-state index >= 15 is 0 Å². The van der Waals surface area contributed by atoms with Crippen molar-refractivity contribution in [1.82, 2.24) is 0 Å². The van der Waals surface area contributed by atoms with Crippen LogP contribution in [0.3, 0.4) is 0 Å². The van der Waals surface area contributed by atoms with Gasteiger partial charge in [-0.25, -0.2) is 0 Å². The van der Waals surface area contributed by atoms with E-state index in [0.717, 1.165) is 12.2 Å². The highest BCUT2D eigenvalue weighted by Crippen LogP contribution is 2.27. The molecule has 22 heavy (non-hydrogen) atoms. The van der Waals surface area contributed by atoms with Crippen LogP contribution in [-0.4, -0.2) is 13.2 Å². The first-order valence-corrected chi connectivity index (χ1v) is 7.98. The molecule has 0 bridgehead atoms. The molecule has 118 valence electrons. The minimum atomic E-state index is 0.352. The first-order chi connectivity index (χ1) is 10.5. The summed E-state index contributed by atoms with van der Waals surface area (Å²) in [6.07, 6.45) is 0.940. The van der Waals surface area contributed by atoms with Crippen LogP contribution in [0.1, 0.15) is 40.2 Å². The second-order valence-electron chi connectivity index (χ2n) is 6.20. The van der Waals surface area contributed by atoms with Crippen LogP contribution in [0.25, 0.3) is 0 Å². The molecule has 0 spiro atoms. The Morgan fingerprint density at radius 1 is 0.955 bits per heavy atom. The van der Waals surface area contributed by atoms with Crippen molar-refractivity contribution in [3.05, 3.63) is 64.2 Å². The Kier molecular flexibility index (Phi) is 5.62. The molecule has 2 aromatic carbocycles. The largest absolute Gasteiger partial charge is 0.494 e. The highest BCUT2D eigenvalue weighted by Gasteiger charge is 2.15. The molecule has 0 amide bonds. The summed E-state index contributed by atoms with van der Waals surface area (Å²) in [5.41, 5.74) is 12.6. The highest BCUT2D eigenvalue weighted by atomic mass is 16.5. The van der Waals surface area contributed by atoms with Crippen LogP contribution >= 0.6 is 0 Å². The fourth-order valence-electron chi connectivity index (χ4n) is 3.24. The predicted octanol–water partition coefficient (Wildman–Crippen LogP) is 4.43. The summed E-state index contributed by atoms with van der Waals surface area (Å²) < 4.78 is 5.89. The van der Waals surface area contributed by atoms with E-state index in [9.17, 15) is 0 Å². The fraction of sp³-hybridized carbons (Fsp3) is 0.400. The van der Waals surface area contributed by atoms with E-state index in [0.29, 0.717) is 19.1 Å². The van der Waals surface area contributed by atoms with E-state index in [2.05, 4.69) is 52.0 Å². The Labute approximate surface area is 134 Å². The Balaban J connectivity index is 2.04. The van der Waals surface area contributed by atoms with Gasteiger partial charge in [-0.15, -0.1) is 0 Å². The molecule has 1 atom stereocenters. The Morgan fingerprint density at radius 3 is 2.23 bits per heavy atom. The predicted molar refractivity (Wildman–Crippen MR) is 93.7 cm³/mol. The van der Waals surface area contributed by atoms with E-state index in [1.807, 2.05) is 12.1 Å². The first-order valence-electron chi connectivity index (χ1n) is 7.98. The number of hydrogen-bond donors (Lipinski definition) is 1. The molecule has 0 aliphatic carbocycles. The van der Waals surface area contributed by atoms with Gasteiger partial charge >= 0.3 is 0 Å². The van der Waals surface area contributed by atoms with Crippen molar-refractivity contribution >= 4 is 0 Å². The van der Waals surface area contributed by atoms with Crippen LogP contribution in [0.4, 0.5) is 0 Å². The minimum Gasteiger partial charge on any atom is -0.494 e. The average Bonchev–Trinajstić information content (AvgIpc) is 2.44. The maximum absolute atomic E-state index is 6.03. The number of benzene rings is 2. The summed E-state index contributed by atoms with van der Waals surface area (Å²) in [5.74, 6) is 1.29. The average molecular weight is 297 g/mol. The molecule has 0 aromatic heterocycles. The van der Waals surface area contributed by atoms with Crippen LogP contribution in [-0.2, 0) is 0 Å². The SMILES string of the molecule is Cc1cccc(OCCC(CN)c2c(C)cc(C)cc2C)c1. The van der Waals surface area contributed by atoms with Gasteiger partial charge in [-0.1, -0.05) is 29.8 Å². The lowest BCUT2D eigenvalue weighted by Crippen LogP contribution is -2.18. The van der Waals surface area contributed by atoms with E-state index in [1.165, 1.54) is 27.8 Å². The fourth-order valence-corrected chi connectivity index (χ4v) is 3.24. The first kappa shape index (κ1) is 16.6. The van der Waals surface area contributed by atoms with Gasteiger partial charge in [0.15, 0.2) is 0 Å². The molecule has 1 unspecified atom stereocenters. The van der Waals surface area contributed by atoms with Crippen LogP contribution < -0.4 is 10.5 Å². The Bertz CT molecular complexity index is 610. The number of hydrogen-bond acceptors (Lipinski definition) is 2. The molecule has 2 heteroatoms. The quantitative estimate of drug-likeness (QED) is 0.856. The third kappa shape index (κ3) is 4.11. The molecule has 0 saturated heterocycles. The Hall–Kier alpha value is -1.80. The molecule has 2 rings (SSSR count). The normalized spacial score (nSPS) is 12.2. The van der Waals surface area contributed by atoms with Crippen molar-refractivity contribution in [3.63, 3.8) is 0 Å². The number of ether oxygens (including phenoxy) is 1. The van der Waals surface area contributed by atoms with Gasteiger partial charge in [0.1, 0.15) is 5.75 Å². The van der Waals surface area contributed by atoms with E-state index in [1.54, 1.807) is 0 Å². The van der Waals surface area contributed by atoms with Crippen molar-refractivity contribution in [1.29, 1.82) is 0 Å². The number of nitrogens with two attached hydrogens (primary N) is 1. The van der Waals surface area contributed by atoms with Crippen molar-refractivity contribution in [2.75, 3.05) is 13.2 Å². The van der Waals surface area contributed by atoms with Gasteiger partial charge in [0, 0.05) is 0 Å². The van der Waals surface area contributed by atoms with Gasteiger partial charge in [0.25, 0.3) is 0 Å². The monoisotopic (exact) mass is 297 g/mol. The summed E-state index contributed by atoms with van der Waals surface area (Å²) in [6.45, 7) is 9.93. The molecular weight excluding hydrogens is 270 g/mol. The zero-order valence-corrected chi connectivity index (χ0v) is 14.1. The van der Waals surface area contributed by atoms with Gasteiger partial charge in [-0.3, -0.25) is 0 Å². The molecular formula is C20H27NO. The van der Waals surface area contributed by atoms with Crippen LogP contribution in [0, 0.1) is 27.7 Å². The van der Waals surface area contributed by atoms with Crippen LogP contribution in [0.15, 0.2) is 36.4 Å². The molecule has 2 nitrogen and oxygen atoms in total. The summed E-state index contributed by atoms with van der Waals surface area (Å²) in [4.78, 5) is 0. The maximum atomic E-state index is 6.03. The summed E-state index contributed by atoms with van der Waals surface area (Å²) in [6, 6.07) is 12.7. The number of aryl methyl sites for hydroxylation is 4. The van der Waals surface area contributed by atoms with Crippen molar-refractivity contribution < 1.29 is 4.74 Å². The lowest BCUT2D eigenvalue weighted by Gasteiger charge is -2.21. The van der Waals surface area contributed by atoms with Gasteiger partial charge in [-0.05, 0) is 81.0 Å². The van der Waals surface area contributed by atoms with E-state index in [4.69, 9.17) is 10.5 Å². The zero-order valence-electron chi connectivity index (χ0n) is 14.1. The molecule has 0 aliphatic heterocycles. The molecule has 0 radical (unpaired) electrons. The van der Waals surface area contributed by atoms with Crippen molar-refractivity contribution in [3.8, 4) is 5.75 Å². The highest BCUT2D eigenvalue weighted by molar-refractivity contribution is 5.40. The molecule has 0 heterocycles. The third-order valence-electron chi connectivity index (χ3n) is 4.16. The smallest absolute Gasteiger partial charge is 0.119 e. The van der Waals surface area contributed by atoms with Crippen LogP contribution in [0.5, 0.6) is 5.75 Å². The molecule has 0 fully saturated rings. The molecule has 2 N–H and O–H groups in total. The lowest BCUT2D eigenvalue weighted by atomic mass is 9.87.